The molecule has 0 aromatic heterocycles. The van der Waals surface area contributed by atoms with Crippen molar-refractivity contribution in [2.45, 2.75) is 52.1 Å². The van der Waals surface area contributed by atoms with Gasteiger partial charge >= 0.3 is 0 Å². The van der Waals surface area contributed by atoms with E-state index in [4.69, 9.17) is 6.42 Å². The van der Waals surface area contributed by atoms with E-state index >= 15 is 0 Å². The van der Waals surface area contributed by atoms with Gasteiger partial charge in [-0.3, -0.25) is 5.32 Å². The third-order valence-electron chi connectivity index (χ3n) is 1.68. The second-order valence-electron chi connectivity index (χ2n) is 3.53. The number of hydrogen-bond acceptors (Lipinski definition) is 1. The summed E-state index contributed by atoms with van der Waals surface area (Å²) in [6, 6.07) is 0.461. The minimum atomic E-state index is -0.108. The van der Waals surface area contributed by atoms with Crippen molar-refractivity contribution >= 4 is 0 Å². The summed E-state index contributed by atoms with van der Waals surface area (Å²) >= 11 is 0. The second-order valence-corrected chi connectivity index (χ2v) is 3.53. The number of rotatable bonds is 4. The van der Waals surface area contributed by atoms with E-state index in [1.807, 2.05) is 0 Å². The molecule has 1 atom stereocenters. The van der Waals surface area contributed by atoms with Gasteiger partial charge in [-0.2, -0.15) is 0 Å². The van der Waals surface area contributed by atoms with Crippen LogP contribution in [0.3, 0.4) is 0 Å². The van der Waals surface area contributed by atoms with Gasteiger partial charge in [0.05, 0.1) is 5.54 Å². The molecule has 1 N–H and O–H groups in total. The molecule has 0 heterocycles. The lowest BCUT2D eigenvalue weighted by Gasteiger charge is -2.27. The normalized spacial score (nSPS) is 16.0. The Kier molecular flexibility index (Phi) is 4.22. The first-order valence-corrected chi connectivity index (χ1v) is 4.29. The van der Waals surface area contributed by atoms with E-state index in [1.165, 1.54) is 0 Å². The van der Waals surface area contributed by atoms with E-state index in [0.29, 0.717) is 6.04 Å². The van der Waals surface area contributed by atoms with E-state index in [-0.39, 0.29) is 5.54 Å². The molecule has 0 fully saturated rings. The first-order valence-electron chi connectivity index (χ1n) is 4.29. The summed E-state index contributed by atoms with van der Waals surface area (Å²) in [7, 11) is 0. The van der Waals surface area contributed by atoms with Crippen LogP contribution < -0.4 is 5.32 Å². The van der Waals surface area contributed by atoms with Crippen molar-refractivity contribution in [3.63, 3.8) is 0 Å². The lowest BCUT2D eigenvalue weighted by Crippen LogP contribution is -2.44. The van der Waals surface area contributed by atoms with E-state index in [0.717, 1.165) is 12.8 Å². The lowest BCUT2D eigenvalue weighted by molar-refractivity contribution is 0.383. The second kappa shape index (κ2) is 4.41. The summed E-state index contributed by atoms with van der Waals surface area (Å²) in [5.74, 6) is 2.80. The Hall–Kier alpha value is -0.480. The van der Waals surface area contributed by atoms with Crippen LogP contribution in [0.5, 0.6) is 0 Å². The fourth-order valence-electron chi connectivity index (χ4n) is 1.32. The molecule has 64 valence electrons. The van der Waals surface area contributed by atoms with Crippen LogP contribution in [0.25, 0.3) is 0 Å². The van der Waals surface area contributed by atoms with Gasteiger partial charge in [0.2, 0.25) is 0 Å². The Bertz CT molecular complexity index is 143. The van der Waals surface area contributed by atoms with Gasteiger partial charge in [-0.05, 0) is 27.2 Å². The van der Waals surface area contributed by atoms with Crippen LogP contribution in [0, 0.1) is 12.3 Å². The Balaban J connectivity index is 4.02. The maximum absolute atomic E-state index is 5.43. The standard InChI is InChI=1S/C10H19N/c1-6-8-10(5,7-2)11-9(3)4/h2,9,11H,6,8H2,1,3-5H3. The first kappa shape index (κ1) is 10.5. The SMILES string of the molecule is C#CC(C)(CCC)NC(C)C. The van der Waals surface area contributed by atoms with Crippen LogP contribution in [0.2, 0.25) is 0 Å². The molecule has 0 saturated carbocycles. The third-order valence-corrected chi connectivity index (χ3v) is 1.68. The van der Waals surface area contributed by atoms with Crippen LogP contribution in [-0.4, -0.2) is 11.6 Å². The van der Waals surface area contributed by atoms with Crippen molar-refractivity contribution in [3.05, 3.63) is 0 Å². The zero-order valence-corrected chi connectivity index (χ0v) is 8.07. The average Bonchev–Trinajstić information content (AvgIpc) is 1.87. The molecule has 1 heteroatoms. The lowest BCUT2D eigenvalue weighted by atomic mass is 9.96. The van der Waals surface area contributed by atoms with Crippen LogP contribution >= 0.6 is 0 Å². The smallest absolute Gasteiger partial charge is 0.0771 e. The van der Waals surface area contributed by atoms with Gasteiger partial charge in [0, 0.05) is 6.04 Å². The summed E-state index contributed by atoms with van der Waals surface area (Å²) in [5, 5.41) is 3.37. The Morgan fingerprint density at radius 2 is 2.09 bits per heavy atom. The van der Waals surface area contributed by atoms with Crippen molar-refractivity contribution in [2.75, 3.05) is 0 Å². The van der Waals surface area contributed by atoms with Gasteiger partial charge in [-0.1, -0.05) is 19.3 Å². The van der Waals surface area contributed by atoms with E-state index in [2.05, 4.69) is 38.9 Å². The summed E-state index contributed by atoms with van der Waals surface area (Å²) in [6.45, 7) is 8.46. The van der Waals surface area contributed by atoms with Crippen molar-refractivity contribution in [2.24, 2.45) is 0 Å². The van der Waals surface area contributed by atoms with Gasteiger partial charge in [0.15, 0.2) is 0 Å². The predicted molar refractivity (Wildman–Crippen MR) is 50.4 cm³/mol. The van der Waals surface area contributed by atoms with Gasteiger partial charge in [0.25, 0.3) is 0 Å². The van der Waals surface area contributed by atoms with E-state index in [9.17, 15) is 0 Å². The average molecular weight is 153 g/mol. The zero-order chi connectivity index (χ0) is 8.91. The zero-order valence-electron chi connectivity index (χ0n) is 8.07. The number of hydrogen-bond donors (Lipinski definition) is 1. The van der Waals surface area contributed by atoms with Gasteiger partial charge in [0.1, 0.15) is 0 Å². The topological polar surface area (TPSA) is 12.0 Å². The highest BCUT2D eigenvalue weighted by Crippen LogP contribution is 2.11. The molecule has 0 radical (unpaired) electrons. The molecule has 0 aliphatic rings. The predicted octanol–water partition coefficient (Wildman–Crippen LogP) is 2.18. The van der Waals surface area contributed by atoms with Crippen molar-refractivity contribution < 1.29 is 0 Å². The molecule has 0 rings (SSSR count). The van der Waals surface area contributed by atoms with Crippen LogP contribution in [0.4, 0.5) is 0 Å². The molecule has 0 aromatic carbocycles. The maximum atomic E-state index is 5.43. The van der Waals surface area contributed by atoms with Crippen molar-refractivity contribution in [1.82, 2.24) is 5.32 Å². The molecular weight excluding hydrogens is 134 g/mol. The monoisotopic (exact) mass is 153 g/mol. The molecule has 0 aliphatic carbocycles. The van der Waals surface area contributed by atoms with Crippen LogP contribution in [0.1, 0.15) is 40.5 Å². The molecule has 0 saturated heterocycles. The fourth-order valence-corrected chi connectivity index (χ4v) is 1.32. The third kappa shape index (κ3) is 4.06. The Labute approximate surface area is 70.6 Å². The van der Waals surface area contributed by atoms with E-state index in [1.54, 1.807) is 0 Å². The molecular formula is C10H19N. The quantitative estimate of drug-likeness (QED) is 0.610. The van der Waals surface area contributed by atoms with Crippen molar-refractivity contribution in [1.29, 1.82) is 0 Å². The summed E-state index contributed by atoms with van der Waals surface area (Å²) < 4.78 is 0. The van der Waals surface area contributed by atoms with Gasteiger partial charge in [-0.15, -0.1) is 6.42 Å². The molecule has 0 spiro atoms. The fraction of sp³-hybridized carbons (Fsp3) is 0.800. The van der Waals surface area contributed by atoms with Crippen LogP contribution in [0.15, 0.2) is 0 Å². The summed E-state index contributed by atoms with van der Waals surface area (Å²) in [5.41, 5.74) is -0.108. The molecule has 1 nitrogen and oxygen atoms in total. The highest BCUT2D eigenvalue weighted by molar-refractivity contribution is 5.10. The Morgan fingerprint density at radius 1 is 1.55 bits per heavy atom. The number of nitrogens with one attached hydrogen (secondary N) is 1. The molecule has 11 heavy (non-hydrogen) atoms. The molecule has 0 bridgehead atoms. The number of terminal acetylenes is 1. The van der Waals surface area contributed by atoms with Gasteiger partial charge < -0.3 is 0 Å². The maximum Gasteiger partial charge on any atom is 0.0771 e. The summed E-state index contributed by atoms with van der Waals surface area (Å²) in [4.78, 5) is 0. The Morgan fingerprint density at radius 3 is 2.36 bits per heavy atom. The van der Waals surface area contributed by atoms with E-state index < -0.39 is 0 Å². The van der Waals surface area contributed by atoms with Crippen LogP contribution in [-0.2, 0) is 0 Å². The largest absolute Gasteiger partial charge is 0.299 e. The highest BCUT2D eigenvalue weighted by Gasteiger charge is 2.19. The molecule has 0 aliphatic heterocycles. The molecule has 1 unspecified atom stereocenters. The molecule has 0 aromatic rings. The van der Waals surface area contributed by atoms with Gasteiger partial charge in [-0.25, -0.2) is 0 Å². The minimum Gasteiger partial charge on any atom is -0.299 e. The highest BCUT2D eigenvalue weighted by atomic mass is 15.0. The van der Waals surface area contributed by atoms with Crippen molar-refractivity contribution in [3.8, 4) is 12.3 Å². The summed E-state index contributed by atoms with van der Waals surface area (Å²) in [6.07, 6.45) is 7.60. The first-order chi connectivity index (χ1) is 5.04. The minimum absolute atomic E-state index is 0.108. The molecule has 0 amide bonds.